The molecule has 182 valence electrons. The maximum atomic E-state index is 13.2. The van der Waals surface area contributed by atoms with Gasteiger partial charge in [0.05, 0.1) is 10.7 Å². The number of anilines is 2. The van der Waals surface area contributed by atoms with Crippen LogP contribution in [0.2, 0.25) is 5.02 Å². The lowest BCUT2D eigenvalue weighted by atomic mass is 9.75. The fourth-order valence-electron chi connectivity index (χ4n) is 4.66. The van der Waals surface area contributed by atoms with Gasteiger partial charge in [0.15, 0.2) is 5.69 Å². The Balaban J connectivity index is 1.83. The van der Waals surface area contributed by atoms with Crippen molar-refractivity contribution in [2.24, 2.45) is 5.92 Å². The predicted octanol–water partition coefficient (Wildman–Crippen LogP) is 5.46. The lowest BCUT2D eigenvalue weighted by molar-refractivity contribution is -0.146. The average molecular weight is 487 g/mol. The van der Waals surface area contributed by atoms with Gasteiger partial charge in [-0.1, -0.05) is 48.6 Å². The molecule has 0 saturated heterocycles. The highest BCUT2D eigenvalue weighted by atomic mass is 35.5. The number of benzene rings is 1. The Kier molecular flexibility index (Phi) is 7.82. The molecule has 1 saturated carbocycles. The number of halogens is 1. The molecule has 1 aliphatic carbocycles. The number of carbonyl (C=O) groups is 3. The zero-order chi connectivity index (χ0) is 25.0. The molecule has 0 unspecified atom stereocenters. The lowest BCUT2D eigenvalue weighted by Crippen LogP contribution is -2.57. The SMILES string of the molecule is Cc1cc(C)c(NC(=O)Nc2cc(Cl)cnc2C(=O)N[C@](C)(C(=O)O)C2CCCCC2)c(C)c1. The van der Waals surface area contributed by atoms with Gasteiger partial charge in [-0.2, -0.15) is 0 Å². The number of nitrogens with one attached hydrogen (secondary N) is 3. The van der Waals surface area contributed by atoms with Gasteiger partial charge < -0.3 is 21.1 Å². The summed E-state index contributed by atoms with van der Waals surface area (Å²) in [5.41, 5.74) is 2.08. The number of rotatable bonds is 6. The molecule has 1 aromatic heterocycles. The Morgan fingerprint density at radius 1 is 1.03 bits per heavy atom. The molecular formula is C25H31ClN4O4. The fourth-order valence-corrected chi connectivity index (χ4v) is 4.82. The largest absolute Gasteiger partial charge is 0.480 e. The molecule has 1 aromatic carbocycles. The monoisotopic (exact) mass is 486 g/mol. The van der Waals surface area contributed by atoms with E-state index in [1.165, 1.54) is 19.2 Å². The van der Waals surface area contributed by atoms with Crippen molar-refractivity contribution < 1.29 is 19.5 Å². The van der Waals surface area contributed by atoms with Crippen LogP contribution in [0.1, 0.15) is 66.2 Å². The van der Waals surface area contributed by atoms with Gasteiger partial charge in [-0.15, -0.1) is 0 Å². The number of carboxylic acid groups (broad SMARTS) is 1. The van der Waals surface area contributed by atoms with Crippen LogP contribution in [0.15, 0.2) is 24.4 Å². The van der Waals surface area contributed by atoms with E-state index in [-0.39, 0.29) is 22.3 Å². The number of aromatic nitrogens is 1. The van der Waals surface area contributed by atoms with Crippen LogP contribution in [0, 0.1) is 26.7 Å². The quantitative estimate of drug-likeness (QED) is 0.432. The first kappa shape index (κ1) is 25.5. The molecule has 0 aliphatic heterocycles. The first-order valence-electron chi connectivity index (χ1n) is 11.4. The first-order valence-corrected chi connectivity index (χ1v) is 11.8. The summed E-state index contributed by atoms with van der Waals surface area (Å²) in [6.07, 6.45) is 5.63. The van der Waals surface area contributed by atoms with Gasteiger partial charge in [-0.3, -0.25) is 4.79 Å². The summed E-state index contributed by atoms with van der Waals surface area (Å²) in [6, 6.07) is 4.76. The smallest absolute Gasteiger partial charge is 0.329 e. The van der Waals surface area contributed by atoms with Gasteiger partial charge >= 0.3 is 12.0 Å². The number of hydrogen-bond acceptors (Lipinski definition) is 4. The van der Waals surface area contributed by atoms with Crippen LogP contribution in [-0.4, -0.2) is 33.5 Å². The van der Waals surface area contributed by atoms with E-state index in [0.29, 0.717) is 5.69 Å². The number of aliphatic carboxylic acids is 1. The van der Waals surface area contributed by atoms with Crippen LogP contribution in [0.5, 0.6) is 0 Å². The van der Waals surface area contributed by atoms with Gasteiger partial charge in [0.2, 0.25) is 0 Å². The molecule has 0 bridgehead atoms. The summed E-state index contributed by atoms with van der Waals surface area (Å²) in [5.74, 6) is -1.98. The minimum Gasteiger partial charge on any atom is -0.480 e. The summed E-state index contributed by atoms with van der Waals surface area (Å²) >= 11 is 6.08. The third kappa shape index (κ3) is 5.67. The summed E-state index contributed by atoms with van der Waals surface area (Å²) in [7, 11) is 0. The van der Waals surface area contributed by atoms with E-state index in [9.17, 15) is 19.5 Å². The molecular weight excluding hydrogens is 456 g/mol. The van der Waals surface area contributed by atoms with Crippen LogP contribution in [0.25, 0.3) is 0 Å². The number of hydrogen-bond donors (Lipinski definition) is 4. The molecule has 1 heterocycles. The van der Waals surface area contributed by atoms with Gasteiger partial charge in [0.25, 0.3) is 5.91 Å². The second-order valence-electron chi connectivity index (χ2n) is 9.20. The topological polar surface area (TPSA) is 120 Å². The number of pyridine rings is 1. The minimum atomic E-state index is -1.45. The minimum absolute atomic E-state index is 0.0845. The van der Waals surface area contributed by atoms with Crippen molar-refractivity contribution in [1.29, 1.82) is 0 Å². The summed E-state index contributed by atoms with van der Waals surface area (Å²) in [5, 5.41) is 18.3. The first-order chi connectivity index (χ1) is 16.0. The number of nitrogens with zero attached hydrogens (tertiary/aromatic N) is 1. The molecule has 3 rings (SSSR count). The van der Waals surface area contributed by atoms with Crippen molar-refractivity contribution in [1.82, 2.24) is 10.3 Å². The Labute approximate surface area is 204 Å². The number of carbonyl (C=O) groups excluding carboxylic acids is 2. The van der Waals surface area contributed by atoms with E-state index in [0.717, 1.165) is 48.8 Å². The normalized spacial score (nSPS) is 15.8. The Bertz CT molecular complexity index is 1090. The zero-order valence-corrected chi connectivity index (χ0v) is 20.7. The molecule has 1 atom stereocenters. The number of carboxylic acids is 1. The van der Waals surface area contributed by atoms with Crippen molar-refractivity contribution in [2.45, 2.75) is 65.3 Å². The summed E-state index contributed by atoms with van der Waals surface area (Å²) < 4.78 is 0. The number of aryl methyl sites for hydroxylation is 3. The number of urea groups is 1. The Morgan fingerprint density at radius 3 is 2.24 bits per heavy atom. The second kappa shape index (κ2) is 10.4. The van der Waals surface area contributed by atoms with E-state index in [1.54, 1.807) is 0 Å². The van der Waals surface area contributed by atoms with Crippen molar-refractivity contribution in [3.63, 3.8) is 0 Å². The molecule has 4 N–H and O–H groups in total. The maximum Gasteiger partial charge on any atom is 0.329 e. The molecule has 2 aromatic rings. The fraction of sp³-hybridized carbons (Fsp3) is 0.440. The highest BCUT2D eigenvalue weighted by molar-refractivity contribution is 6.31. The van der Waals surface area contributed by atoms with Crippen molar-refractivity contribution in [3.05, 3.63) is 51.8 Å². The molecule has 34 heavy (non-hydrogen) atoms. The summed E-state index contributed by atoms with van der Waals surface area (Å²) in [6.45, 7) is 7.30. The molecule has 8 nitrogen and oxygen atoms in total. The van der Waals surface area contributed by atoms with Gasteiger partial charge in [-0.25, -0.2) is 14.6 Å². The van der Waals surface area contributed by atoms with Gasteiger partial charge in [0.1, 0.15) is 5.54 Å². The van der Waals surface area contributed by atoms with E-state index >= 15 is 0 Å². The van der Waals surface area contributed by atoms with E-state index in [1.807, 2.05) is 32.9 Å². The average Bonchev–Trinajstić information content (AvgIpc) is 2.76. The molecule has 9 heteroatoms. The summed E-state index contributed by atoms with van der Waals surface area (Å²) in [4.78, 5) is 42.2. The molecule has 1 fully saturated rings. The van der Waals surface area contributed by atoms with E-state index in [2.05, 4.69) is 20.9 Å². The standard InChI is InChI=1S/C25H31ClN4O4/c1-14-10-15(2)20(16(3)11-14)29-24(34)28-19-12-18(26)13-27-21(19)22(31)30-25(4,23(32)33)17-8-6-5-7-9-17/h10-13,17H,5-9H2,1-4H3,(H,30,31)(H,32,33)(H2,28,29,34)/t25-/m0/s1. The highest BCUT2D eigenvalue weighted by Gasteiger charge is 2.43. The van der Waals surface area contributed by atoms with Crippen LogP contribution in [-0.2, 0) is 4.79 Å². The molecule has 0 radical (unpaired) electrons. The lowest BCUT2D eigenvalue weighted by Gasteiger charge is -2.37. The van der Waals surface area contributed by atoms with Crippen LogP contribution >= 0.6 is 11.6 Å². The van der Waals surface area contributed by atoms with Crippen LogP contribution in [0.4, 0.5) is 16.2 Å². The van der Waals surface area contributed by atoms with E-state index < -0.39 is 23.4 Å². The van der Waals surface area contributed by atoms with Crippen molar-refractivity contribution in [2.75, 3.05) is 10.6 Å². The Morgan fingerprint density at radius 2 is 1.65 bits per heavy atom. The van der Waals surface area contributed by atoms with Crippen molar-refractivity contribution >= 4 is 40.9 Å². The number of amides is 3. The molecule has 1 aliphatic rings. The third-order valence-corrected chi connectivity index (χ3v) is 6.68. The van der Waals surface area contributed by atoms with Gasteiger partial charge in [-0.05, 0) is 63.6 Å². The molecule has 3 amide bonds. The highest BCUT2D eigenvalue weighted by Crippen LogP contribution is 2.33. The van der Waals surface area contributed by atoms with Crippen LogP contribution < -0.4 is 16.0 Å². The van der Waals surface area contributed by atoms with Gasteiger partial charge in [0, 0.05) is 11.9 Å². The maximum absolute atomic E-state index is 13.2. The predicted molar refractivity (Wildman–Crippen MR) is 133 cm³/mol. The zero-order valence-electron chi connectivity index (χ0n) is 19.9. The van der Waals surface area contributed by atoms with Crippen molar-refractivity contribution in [3.8, 4) is 0 Å². The third-order valence-electron chi connectivity index (χ3n) is 6.47. The van der Waals surface area contributed by atoms with E-state index in [4.69, 9.17) is 11.6 Å². The molecule has 0 spiro atoms. The Hall–Kier alpha value is -3.13. The van der Waals surface area contributed by atoms with Crippen LogP contribution in [0.3, 0.4) is 0 Å². The second-order valence-corrected chi connectivity index (χ2v) is 9.64.